The molecule has 0 radical (unpaired) electrons. The quantitative estimate of drug-likeness (QED) is 0.243. The molecule has 3 rings (SSSR count). The number of allylic oxidation sites excluding steroid dienone is 6. The molecule has 35 heavy (non-hydrogen) atoms. The molecule has 3 aromatic rings. The average Bonchev–Trinajstić information content (AvgIpc) is 2.76. The predicted molar refractivity (Wildman–Crippen MR) is 141 cm³/mol. The fourth-order valence-electron chi connectivity index (χ4n) is 4.12. The topological polar surface area (TPSA) is 100 Å². The van der Waals surface area contributed by atoms with Gasteiger partial charge in [-0.1, -0.05) is 34.9 Å². The zero-order valence-corrected chi connectivity index (χ0v) is 21.3. The summed E-state index contributed by atoms with van der Waals surface area (Å²) in [5, 5.41) is 32.4. The number of ether oxygens (including phenoxy) is 1. The second kappa shape index (κ2) is 10.7. The van der Waals surface area contributed by atoms with Crippen molar-refractivity contribution in [2.75, 3.05) is 7.11 Å². The number of benzene rings is 2. The zero-order chi connectivity index (χ0) is 25.9. The van der Waals surface area contributed by atoms with Crippen molar-refractivity contribution in [1.29, 1.82) is 0 Å². The lowest BCUT2D eigenvalue weighted by Crippen LogP contribution is -2.08. The number of hydrogen-bond donors (Lipinski definition) is 3. The minimum absolute atomic E-state index is 0.00733. The monoisotopic (exact) mass is 478 g/mol. The van der Waals surface area contributed by atoms with Crippen LogP contribution in [0.15, 0.2) is 56.3 Å². The molecule has 2 aromatic carbocycles. The lowest BCUT2D eigenvalue weighted by Gasteiger charge is -2.14. The van der Waals surface area contributed by atoms with Crippen molar-refractivity contribution >= 4 is 21.9 Å². The smallest absolute Gasteiger partial charge is 0.204 e. The lowest BCUT2D eigenvalue weighted by atomic mass is 9.98. The second-order valence-electron chi connectivity index (χ2n) is 9.37. The van der Waals surface area contributed by atoms with Crippen molar-refractivity contribution < 1.29 is 24.5 Å². The Labute approximate surface area is 205 Å². The Balaban J connectivity index is 2.21. The van der Waals surface area contributed by atoms with E-state index in [1.807, 2.05) is 32.9 Å². The van der Waals surface area contributed by atoms with Gasteiger partial charge in [-0.05, 0) is 60.3 Å². The van der Waals surface area contributed by atoms with Gasteiger partial charge in [-0.2, -0.15) is 0 Å². The average molecular weight is 479 g/mol. The molecule has 0 amide bonds. The summed E-state index contributed by atoms with van der Waals surface area (Å²) in [5.41, 5.74) is 3.91. The molecule has 0 fully saturated rings. The van der Waals surface area contributed by atoms with Crippen molar-refractivity contribution in [1.82, 2.24) is 0 Å². The summed E-state index contributed by atoms with van der Waals surface area (Å²) < 4.78 is 11.3. The van der Waals surface area contributed by atoms with Crippen molar-refractivity contribution in [3.8, 4) is 23.0 Å². The van der Waals surface area contributed by atoms with Gasteiger partial charge in [-0.25, -0.2) is 0 Å². The van der Waals surface area contributed by atoms with Crippen LogP contribution in [0.1, 0.15) is 58.6 Å². The number of rotatable bonds is 8. The summed E-state index contributed by atoms with van der Waals surface area (Å²) in [4.78, 5) is 13.7. The van der Waals surface area contributed by atoms with Gasteiger partial charge in [0.2, 0.25) is 5.43 Å². The largest absolute Gasteiger partial charge is 0.507 e. The third-order valence-electron chi connectivity index (χ3n) is 6.01. The molecule has 0 unspecified atom stereocenters. The van der Waals surface area contributed by atoms with Crippen LogP contribution in [0.5, 0.6) is 23.0 Å². The summed E-state index contributed by atoms with van der Waals surface area (Å²) in [5.74, 6) is -0.425. The maximum Gasteiger partial charge on any atom is 0.204 e. The number of hydrogen-bond acceptors (Lipinski definition) is 6. The van der Waals surface area contributed by atoms with E-state index in [-0.39, 0.29) is 56.9 Å². The first-order valence-electron chi connectivity index (χ1n) is 11.7. The molecule has 0 bridgehead atoms. The van der Waals surface area contributed by atoms with Crippen molar-refractivity contribution in [3.63, 3.8) is 0 Å². The second-order valence-corrected chi connectivity index (χ2v) is 9.37. The van der Waals surface area contributed by atoms with Gasteiger partial charge >= 0.3 is 0 Å². The van der Waals surface area contributed by atoms with Crippen LogP contribution >= 0.6 is 0 Å². The highest BCUT2D eigenvalue weighted by Crippen LogP contribution is 2.40. The molecule has 0 saturated carbocycles. The Kier molecular flexibility index (Phi) is 7.95. The van der Waals surface area contributed by atoms with E-state index >= 15 is 0 Å². The van der Waals surface area contributed by atoms with Gasteiger partial charge in [0.05, 0.1) is 12.5 Å². The SMILES string of the molecule is COc1c(O)cc2oc3cc(O)c(C/C=C(\C)CCC=C(C)C)c(O)c3c(=O)c2c1CC=C(C)C. The molecule has 6 heteroatoms. The molecular weight excluding hydrogens is 444 g/mol. The predicted octanol–water partition coefficient (Wildman–Crippen LogP) is 6.82. The van der Waals surface area contributed by atoms with Crippen molar-refractivity contribution in [2.24, 2.45) is 0 Å². The van der Waals surface area contributed by atoms with Gasteiger partial charge < -0.3 is 24.5 Å². The number of fused-ring (bicyclic) bond motifs is 2. The molecule has 0 spiro atoms. The fourth-order valence-corrected chi connectivity index (χ4v) is 4.12. The third kappa shape index (κ3) is 5.53. The van der Waals surface area contributed by atoms with E-state index in [1.54, 1.807) is 0 Å². The van der Waals surface area contributed by atoms with Crippen LogP contribution in [-0.4, -0.2) is 22.4 Å². The standard InChI is InChI=1S/C29H34O6/c1-16(2)8-7-9-18(5)11-13-19-21(30)14-24-26(27(19)32)28(33)25-20(12-10-17(3)4)29(34-6)22(31)15-23(25)35-24/h8,10-11,14-15,30-32H,7,9,12-13H2,1-6H3/b18-11+. The minimum Gasteiger partial charge on any atom is -0.507 e. The maximum absolute atomic E-state index is 13.7. The van der Waals surface area contributed by atoms with Crippen LogP contribution in [-0.2, 0) is 12.8 Å². The molecular formula is C29H34O6. The lowest BCUT2D eigenvalue weighted by molar-refractivity contribution is 0.370. The van der Waals surface area contributed by atoms with Crippen LogP contribution in [0.2, 0.25) is 0 Å². The van der Waals surface area contributed by atoms with E-state index in [4.69, 9.17) is 9.15 Å². The van der Waals surface area contributed by atoms with Gasteiger partial charge in [-0.3, -0.25) is 4.79 Å². The van der Waals surface area contributed by atoms with Crippen LogP contribution in [0.25, 0.3) is 21.9 Å². The van der Waals surface area contributed by atoms with Crippen molar-refractivity contribution in [3.05, 3.63) is 68.4 Å². The van der Waals surface area contributed by atoms with Gasteiger partial charge in [0, 0.05) is 23.3 Å². The highest BCUT2D eigenvalue weighted by molar-refractivity contribution is 5.97. The van der Waals surface area contributed by atoms with Gasteiger partial charge in [0.1, 0.15) is 28.1 Å². The number of aromatic hydroxyl groups is 3. The molecule has 3 N–H and O–H groups in total. The zero-order valence-electron chi connectivity index (χ0n) is 21.3. The van der Waals surface area contributed by atoms with Gasteiger partial charge in [-0.15, -0.1) is 0 Å². The van der Waals surface area contributed by atoms with E-state index in [1.165, 1.54) is 24.8 Å². The molecule has 186 valence electrons. The molecule has 0 aliphatic rings. The molecule has 1 aromatic heterocycles. The maximum atomic E-state index is 13.7. The summed E-state index contributed by atoms with van der Waals surface area (Å²) in [7, 11) is 1.43. The first-order valence-corrected chi connectivity index (χ1v) is 11.7. The number of phenolic OH excluding ortho intramolecular Hbond substituents is 3. The van der Waals surface area contributed by atoms with Crippen LogP contribution < -0.4 is 10.2 Å². The van der Waals surface area contributed by atoms with E-state index in [0.29, 0.717) is 12.0 Å². The number of phenols is 3. The molecule has 0 aliphatic carbocycles. The van der Waals surface area contributed by atoms with Gasteiger partial charge in [0.15, 0.2) is 11.5 Å². The van der Waals surface area contributed by atoms with Gasteiger partial charge in [0.25, 0.3) is 0 Å². The van der Waals surface area contributed by atoms with Crippen molar-refractivity contribution in [2.45, 2.75) is 60.3 Å². The third-order valence-corrected chi connectivity index (χ3v) is 6.01. The molecule has 0 saturated heterocycles. The molecule has 0 aliphatic heterocycles. The molecule has 0 atom stereocenters. The van der Waals surface area contributed by atoms with Crippen LogP contribution in [0.3, 0.4) is 0 Å². The normalized spacial score (nSPS) is 11.7. The molecule has 6 nitrogen and oxygen atoms in total. The first-order chi connectivity index (χ1) is 16.5. The van der Waals surface area contributed by atoms with E-state index in [0.717, 1.165) is 24.0 Å². The Hall–Kier alpha value is -3.67. The summed E-state index contributed by atoms with van der Waals surface area (Å²) in [6, 6.07) is 2.66. The van der Waals surface area contributed by atoms with Crippen LogP contribution in [0, 0.1) is 0 Å². The minimum atomic E-state index is -0.445. The van der Waals surface area contributed by atoms with Crippen LogP contribution in [0.4, 0.5) is 0 Å². The van der Waals surface area contributed by atoms with E-state index < -0.39 is 5.43 Å². The number of methoxy groups -OCH3 is 1. The highest BCUT2D eigenvalue weighted by atomic mass is 16.5. The summed E-state index contributed by atoms with van der Waals surface area (Å²) in [6.45, 7) is 9.99. The molecule has 1 heterocycles. The highest BCUT2D eigenvalue weighted by Gasteiger charge is 2.23. The Bertz CT molecular complexity index is 1410. The Morgan fingerprint density at radius 2 is 1.46 bits per heavy atom. The summed E-state index contributed by atoms with van der Waals surface area (Å²) in [6.07, 6.45) is 8.43. The Morgan fingerprint density at radius 1 is 0.857 bits per heavy atom. The summed E-state index contributed by atoms with van der Waals surface area (Å²) >= 11 is 0. The Morgan fingerprint density at radius 3 is 2.09 bits per heavy atom. The van der Waals surface area contributed by atoms with E-state index in [2.05, 4.69) is 19.9 Å². The first kappa shape index (κ1) is 25.9. The van der Waals surface area contributed by atoms with E-state index in [9.17, 15) is 20.1 Å². The fraction of sp³-hybridized carbons (Fsp3) is 0.345.